The summed E-state index contributed by atoms with van der Waals surface area (Å²) < 4.78 is 27.4. The maximum absolute atomic E-state index is 12.7. The van der Waals surface area contributed by atoms with Crippen LogP contribution >= 0.6 is 0 Å². The molecule has 2 aromatic rings. The van der Waals surface area contributed by atoms with E-state index >= 15 is 0 Å². The highest BCUT2D eigenvalue weighted by Crippen LogP contribution is 2.48. The summed E-state index contributed by atoms with van der Waals surface area (Å²) in [5, 5.41) is 6.01. The Morgan fingerprint density at radius 2 is 1.94 bits per heavy atom. The smallest absolute Gasteiger partial charge is 0.316 e. The third kappa shape index (κ3) is 4.20. The SMILES string of the molecule is COc1ccc(CCNC(=O)N[C@H]2c3c(cc4c(c3OC)OCO4)CCN2C)cc1OC. The van der Waals surface area contributed by atoms with Gasteiger partial charge in [-0.15, -0.1) is 0 Å². The van der Waals surface area contributed by atoms with Crippen LogP contribution in [0.3, 0.4) is 0 Å². The Labute approximate surface area is 187 Å². The summed E-state index contributed by atoms with van der Waals surface area (Å²) >= 11 is 0. The third-order valence-corrected chi connectivity index (χ3v) is 5.81. The van der Waals surface area contributed by atoms with Crippen LogP contribution in [0.2, 0.25) is 0 Å². The maximum atomic E-state index is 12.7. The number of amides is 2. The molecule has 172 valence electrons. The summed E-state index contributed by atoms with van der Waals surface area (Å²) in [6, 6.07) is 7.46. The summed E-state index contributed by atoms with van der Waals surface area (Å²) in [7, 11) is 6.78. The number of nitrogens with one attached hydrogen (secondary N) is 2. The zero-order valence-electron chi connectivity index (χ0n) is 18.8. The number of ether oxygens (including phenoxy) is 5. The van der Waals surface area contributed by atoms with Gasteiger partial charge in [0.1, 0.15) is 6.17 Å². The molecule has 2 aliphatic heterocycles. The van der Waals surface area contributed by atoms with E-state index < -0.39 is 0 Å². The predicted octanol–water partition coefficient (Wildman–Crippen LogP) is 2.47. The van der Waals surface area contributed by atoms with Gasteiger partial charge in [-0.05, 0) is 49.2 Å². The number of benzene rings is 2. The molecule has 2 aliphatic rings. The van der Waals surface area contributed by atoms with Gasteiger partial charge in [0, 0.05) is 18.7 Å². The highest BCUT2D eigenvalue weighted by molar-refractivity contribution is 5.75. The van der Waals surface area contributed by atoms with Crippen LogP contribution in [-0.2, 0) is 12.8 Å². The largest absolute Gasteiger partial charge is 0.493 e. The number of hydrogen-bond acceptors (Lipinski definition) is 7. The molecule has 0 spiro atoms. The lowest BCUT2D eigenvalue weighted by Gasteiger charge is -2.36. The molecule has 0 fully saturated rings. The van der Waals surface area contributed by atoms with Crippen LogP contribution in [0.1, 0.15) is 22.9 Å². The lowest BCUT2D eigenvalue weighted by Crippen LogP contribution is -2.47. The molecule has 2 heterocycles. The van der Waals surface area contributed by atoms with Crippen LogP contribution in [0.4, 0.5) is 4.79 Å². The normalized spacial score (nSPS) is 16.8. The second kappa shape index (κ2) is 9.44. The molecule has 9 nitrogen and oxygen atoms in total. The monoisotopic (exact) mass is 443 g/mol. The average Bonchev–Trinajstić information content (AvgIpc) is 3.27. The summed E-state index contributed by atoms with van der Waals surface area (Å²) in [6.07, 6.45) is 1.15. The van der Waals surface area contributed by atoms with Gasteiger partial charge in [-0.3, -0.25) is 4.90 Å². The first-order chi connectivity index (χ1) is 15.5. The Kier molecular flexibility index (Phi) is 6.45. The standard InChI is InChI=1S/C23H29N3O6/c1-26-10-8-15-12-18-20(32-13-31-18)21(30-4)19(15)22(26)25-23(27)24-9-7-14-5-6-16(28-2)17(11-14)29-3/h5-6,11-12,22H,7-10,13H2,1-4H3,(H2,24,25,27)/t22-/m1/s1. The Morgan fingerprint density at radius 1 is 1.12 bits per heavy atom. The molecule has 0 saturated carbocycles. The van der Waals surface area contributed by atoms with Gasteiger partial charge < -0.3 is 34.3 Å². The molecule has 0 bridgehead atoms. The van der Waals surface area contributed by atoms with Gasteiger partial charge in [0.25, 0.3) is 0 Å². The Balaban J connectivity index is 1.43. The number of likely N-dealkylation sites (N-methyl/N-ethyl adjacent to an activating group) is 1. The van der Waals surface area contributed by atoms with Crippen molar-refractivity contribution < 1.29 is 28.5 Å². The molecule has 2 amide bonds. The molecule has 0 unspecified atom stereocenters. The number of carbonyl (C=O) groups excluding carboxylic acids is 1. The van der Waals surface area contributed by atoms with Gasteiger partial charge in [0.2, 0.25) is 12.5 Å². The lowest BCUT2D eigenvalue weighted by atomic mass is 9.95. The fourth-order valence-corrected chi connectivity index (χ4v) is 4.15. The van der Waals surface area contributed by atoms with E-state index in [0.29, 0.717) is 41.7 Å². The van der Waals surface area contributed by atoms with Crippen molar-refractivity contribution in [2.75, 3.05) is 48.3 Å². The van der Waals surface area contributed by atoms with Crippen molar-refractivity contribution in [1.29, 1.82) is 0 Å². The van der Waals surface area contributed by atoms with E-state index in [1.807, 2.05) is 31.3 Å². The van der Waals surface area contributed by atoms with E-state index in [2.05, 4.69) is 15.5 Å². The molecule has 0 saturated heterocycles. The molecule has 4 rings (SSSR count). The van der Waals surface area contributed by atoms with E-state index in [1.54, 1.807) is 21.3 Å². The first-order valence-electron chi connectivity index (χ1n) is 10.5. The van der Waals surface area contributed by atoms with E-state index in [-0.39, 0.29) is 19.0 Å². The quantitative estimate of drug-likeness (QED) is 0.679. The molecule has 0 aromatic heterocycles. The predicted molar refractivity (Wildman–Crippen MR) is 118 cm³/mol. The number of urea groups is 1. The van der Waals surface area contributed by atoms with Gasteiger partial charge in [-0.2, -0.15) is 0 Å². The number of carbonyl (C=O) groups is 1. The minimum absolute atomic E-state index is 0.166. The Bertz CT molecular complexity index is 996. The number of rotatable bonds is 7. The number of methoxy groups -OCH3 is 3. The summed E-state index contributed by atoms with van der Waals surface area (Å²) in [5.74, 6) is 3.22. The van der Waals surface area contributed by atoms with E-state index in [0.717, 1.165) is 29.7 Å². The van der Waals surface area contributed by atoms with E-state index in [1.165, 1.54) is 0 Å². The first kappa shape index (κ1) is 21.9. The van der Waals surface area contributed by atoms with Crippen molar-refractivity contribution in [3.63, 3.8) is 0 Å². The molecular formula is C23H29N3O6. The maximum Gasteiger partial charge on any atom is 0.316 e. The second-order valence-electron chi connectivity index (χ2n) is 7.69. The van der Waals surface area contributed by atoms with E-state index in [4.69, 9.17) is 23.7 Å². The van der Waals surface area contributed by atoms with Crippen LogP contribution < -0.4 is 34.3 Å². The van der Waals surface area contributed by atoms with E-state index in [9.17, 15) is 4.79 Å². The molecule has 9 heteroatoms. The molecule has 2 N–H and O–H groups in total. The van der Waals surface area contributed by atoms with Gasteiger partial charge in [0.15, 0.2) is 23.0 Å². The van der Waals surface area contributed by atoms with Crippen LogP contribution in [0.5, 0.6) is 28.7 Å². The lowest BCUT2D eigenvalue weighted by molar-refractivity contribution is 0.169. The molecule has 0 aliphatic carbocycles. The van der Waals surface area contributed by atoms with Crippen molar-refractivity contribution in [3.05, 3.63) is 41.0 Å². The first-order valence-corrected chi connectivity index (χ1v) is 10.5. The third-order valence-electron chi connectivity index (χ3n) is 5.81. The topological polar surface area (TPSA) is 90.5 Å². The van der Waals surface area contributed by atoms with Crippen LogP contribution in [0.25, 0.3) is 0 Å². The summed E-state index contributed by atoms with van der Waals surface area (Å²) in [4.78, 5) is 14.8. The summed E-state index contributed by atoms with van der Waals surface area (Å²) in [6.45, 7) is 1.44. The van der Waals surface area contributed by atoms with Gasteiger partial charge in [0.05, 0.1) is 21.3 Å². The minimum atomic E-state index is -0.343. The van der Waals surface area contributed by atoms with Crippen molar-refractivity contribution in [1.82, 2.24) is 15.5 Å². The van der Waals surface area contributed by atoms with Crippen LogP contribution in [0, 0.1) is 0 Å². The number of fused-ring (bicyclic) bond motifs is 2. The van der Waals surface area contributed by atoms with Crippen molar-refractivity contribution in [3.8, 4) is 28.7 Å². The molecule has 0 radical (unpaired) electrons. The zero-order valence-corrected chi connectivity index (χ0v) is 18.8. The van der Waals surface area contributed by atoms with Gasteiger partial charge in [-0.1, -0.05) is 6.07 Å². The van der Waals surface area contributed by atoms with Gasteiger partial charge in [-0.25, -0.2) is 4.79 Å². The fourth-order valence-electron chi connectivity index (χ4n) is 4.15. The number of nitrogens with zero attached hydrogens (tertiary/aromatic N) is 1. The Hall–Kier alpha value is -3.33. The molecule has 1 atom stereocenters. The molecule has 2 aromatic carbocycles. The minimum Gasteiger partial charge on any atom is -0.493 e. The molecular weight excluding hydrogens is 414 g/mol. The average molecular weight is 444 g/mol. The summed E-state index contributed by atoms with van der Waals surface area (Å²) in [5.41, 5.74) is 3.03. The Morgan fingerprint density at radius 3 is 2.69 bits per heavy atom. The second-order valence-corrected chi connectivity index (χ2v) is 7.69. The highest BCUT2D eigenvalue weighted by atomic mass is 16.7. The van der Waals surface area contributed by atoms with Crippen molar-refractivity contribution in [2.24, 2.45) is 0 Å². The van der Waals surface area contributed by atoms with Crippen LogP contribution in [0.15, 0.2) is 24.3 Å². The fraction of sp³-hybridized carbons (Fsp3) is 0.435. The van der Waals surface area contributed by atoms with Gasteiger partial charge >= 0.3 is 6.03 Å². The zero-order chi connectivity index (χ0) is 22.7. The molecule has 32 heavy (non-hydrogen) atoms. The van der Waals surface area contributed by atoms with Crippen molar-refractivity contribution in [2.45, 2.75) is 19.0 Å². The number of hydrogen-bond donors (Lipinski definition) is 2. The van der Waals surface area contributed by atoms with Crippen LogP contribution in [-0.4, -0.2) is 59.2 Å². The van der Waals surface area contributed by atoms with Crippen molar-refractivity contribution >= 4 is 6.03 Å². The highest BCUT2D eigenvalue weighted by Gasteiger charge is 2.34.